The van der Waals surface area contributed by atoms with Gasteiger partial charge >= 0.3 is 0 Å². The first kappa shape index (κ1) is 15.3. The second kappa shape index (κ2) is 6.54. The van der Waals surface area contributed by atoms with Crippen molar-refractivity contribution in [3.8, 4) is 17.0 Å². The number of nitrogens with zero attached hydrogens (tertiary/aromatic N) is 2. The Morgan fingerprint density at radius 1 is 1.29 bits per heavy atom. The summed E-state index contributed by atoms with van der Waals surface area (Å²) >= 11 is 0. The van der Waals surface area contributed by atoms with Crippen molar-refractivity contribution in [3.63, 3.8) is 0 Å². The molecule has 2 N–H and O–H groups in total. The SMILES string of the molecule is CC(C)COc1ccc(-c2cc(CN)c(=O)n(C)n2)cc1. The van der Waals surface area contributed by atoms with Gasteiger partial charge in [-0.25, -0.2) is 4.68 Å². The summed E-state index contributed by atoms with van der Waals surface area (Å²) < 4.78 is 6.97. The van der Waals surface area contributed by atoms with Crippen molar-refractivity contribution < 1.29 is 4.74 Å². The molecule has 5 nitrogen and oxygen atoms in total. The molecule has 5 heteroatoms. The lowest BCUT2D eigenvalue weighted by molar-refractivity contribution is 0.271. The average molecular weight is 287 g/mol. The van der Waals surface area contributed by atoms with E-state index in [4.69, 9.17) is 10.5 Å². The highest BCUT2D eigenvalue weighted by molar-refractivity contribution is 5.60. The fraction of sp³-hybridized carbons (Fsp3) is 0.375. The van der Waals surface area contributed by atoms with Crippen molar-refractivity contribution in [2.75, 3.05) is 6.61 Å². The number of nitrogens with two attached hydrogens (primary N) is 1. The van der Waals surface area contributed by atoms with E-state index in [1.165, 1.54) is 4.68 Å². The van der Waals surface area contributed by atoms with Gasteiger partial charge in [0, 0.05) is 24.7 Å². The smallest absolute Gasteiger partial charge is 0.271 e. The van der Waals surface area contributed by atoms with Crippen LogP contribution in [-0.4, -0.2) is 16.4 Å². The molecule has 1 heterocycles. The van der Waals surface area contributed by atoms with Crippen LogP contribution in [0.5, 0.6) is 5.75 Å². The summed E-state index contributed by atoms with van der Waals surface area (Å²) in [5.74, 6) is 1.32. The van der Waals surface area contributed by atoms with Crippen LogP contribution in [0.25, 0.3) is 11.3 Å². The Morgan fingerprint density at radius 3 is 2.52 bits per heavy atom. The minimum absolute atomic E-state index is 0.155. The van der Waals surface area contributed by atoms with Gasteiger partial charge in [-0.3, -0.25) is 4.79 Å². The Kier molecular flexibility index (Phi) is 4.75. The Morgan fingerprint density at radius 2 is 1.95 bits per heavy atom. The zero-order valence-corrected chi connectivity index (χ0v) is 12.7. The maximum absolute atomic E-state index is 11.8. The average Bonchev–Trinajstić information content (AvgIpc) is 2.48. The second-order valence-corrected chi connectivity index (χ2v) is 5.42. The molecule has 112 valence electrons. The third-order valence-corrected chi connectivity index (χ3v) is 3.09. The Bertz CT molecular complexity index is 660. The molecule has 0 spiro atoms. The van der Waals surface area contributed by atoms with Crippen molar-refractivity contribution in [1.82, 2.24) is 9.78 Å². The van der Waals surface area contributed by atoms with E-state index >= 15 is 0 Å². The molecule has 0 saturated heterocycles. The summed E-state index contributed by atoms with van der Waals surface area (Å²) in [6.07, 6.45) is 0. The minimum Gasteiger partial charge on any atom is -0.493 e. The van der Waals surface area contributed by atoms with Crippen molar-refractivity contribution in [2.45, 2.75) is 20.4 Å². The van der Waals surface area contributed by atoms with Gasteiger partial charge in [-0.1, -0.05) is 13.8 Å². The molecule has 0 fully saturated rings. The van der Waals surface area contributed by atoms with Crippen molar-refractivity contribution >= 4 is 0 Å². The van der Waals surface area contributed by atoms with Gasteiger partial charge in [-0.05, 0) is 36.2 Å². The molecule has 0 bridgehead atoms. The topological polar surface area (TPSA) is 70.1 Å². The van der Waals surface area contributed by atoms with E-state index < -0.39 is 0 Å². The Hall–Kier alpha value is -2.14. The summed E-state index contributed by atoms with van der Waals surface area (Å²) in [5.41, 5.74) is 7.66. The molecule has 2 rings (SSSR count). The molecule has 0 aliphatic carbocycles. The van der Waals surface area contributed by atoms with Crippen LogP contribution in [0, 0.1) is 5.92 Å². The third-order valence-electron chi connectivity index (χ3n) is 3.09. The van der Waals surface area contributed by atoms with Gasteiger partial charge in [-0.15, -0.1) is 0 Å². The van der Waals surface area contributed by atoms with Crippen molar-refractivity contribution in [3.05, 3.63) is 46.2 Å². The van der Waals surface area contributed by atoms with Crippen LogP contribution in [0.1, 0.15) is 19.4 Å². The van der Waals surface area contributed by atoms with Crippen LogP contribution in [0.15, 0.2) is 35.1 Å². The predicted molar refractivity (Wildman–Crippen MR) is 83.1 cm³/mol. The summed E-state index contributed by atoms with van der Waals surface area (Å²) in [6, 6.07) is 9.43. The Balaban J connectivity index is 2.26. The molecule has 1 aromatic heterocycles. The zero-order chi connectivity index (χ0) is 15.4. The van der Waals surface area contributed by atoms with Crippen molar-refractivity contribution in [2.24, 2.45) is 18.7 Å². The maximum Gasteiger partial charge on any atom is 0.271 e. The van der Waals surface area contributed by atoms with Gasteiger partial charge in [0.1, 0.15) is 5.75 Å². The van der Waals surface area contributed by atoms with Gasteiger partial charge in [0.25, 0.3) is 5.56 Å². The highest BCUT2D eigenvalue weighted by Crippen LogP contribution is 2.21. The van der Waals surface area contributed by atoms with E-state index in [-0.39, 0.29) is 12.1 Å². The molecular weight excluding hydrogens is 266 g/mol. The van der Waals surface area contributed by atoms with Crippen LogP contribution >= 0.6 is 0 Å². The summed E-state index contributed by atoms with van der Waals surface area (Å²) in [6.45, 7) is 5.11. The monoisotopic (exact) mass is 287 g/mol. The van der Waals surface area contributed by atoms with E-state index in [1.807, 2.05) is 24.3 Å². The summed E-state index contributed by atoms with van der Waals surface area (Å²) in [4.78, 5) is 11.8. The second-order valence-electron chi connectivity index (χ2n) is 5.42. The van der Waals surface area contributed by atoms with Crippen LogP contribution in [0.3, 0.4) is 0 Å². The lowest BCUT2D eigenvalue weighted by atomic mass is 10.1. The number of rotatable bonds is 5. The van der Waals surface area contributed by atoms with Gasteiger partial charge in [0.05, 0.1) is 12.3 Å². The van der Waals surface area contributed by atoms with Crippen LogP contribution in [0.4, 0.5) is 0 Å². The van der Waals surface area contributed by atoms with E-state index in [1.54, 1.807) is 13.1 Å². The Labute approximate surface area is 124 Å². The number of ether oxygens (including phenoxy) is 1. The quantitative estimate of drug-likeness (QED) is 0.912. The van der Waals surface area contributed by atoms with E-state index in [0.29, 0.717) is 18.1 Å². The lowest BCUT2D eigenvalue weighted by Gasteiger charge is -2.10. The summed E-state index contributed by atoms with van der Waals surface area (Å²) in [5, 5.41) is 4.26. The van der Waals surface area contributed by atoms with E-state index in [0.717, 1.165) is 17.0 Å². The predicted octanol–water partition coefficient (Wildman–Crippen LogP) is 1.94. The number of aromatic nitrogens is 2. The van der Waals surface area contributed by atoms with Crippen LogP contribution in [0.2, 0.25) is 0 Å². The maximum atomic E-state index is 11.8. The van der Waals surface area contributed by atoms with Gasteiger partial charge < -0.3 is 10.5 Å². The molecule has 0 aliphatic rings. The lowest BCUT2D eigenvalue weighted by Crippen LogP contribution is -2.25. The first-order valence-corrected chi connectivity index (χ1v) is 7.01. The fourth-order valence-electron chi connectivity index (χ4n) is 1.94. The number of benzene rings is 1. The largest absolute Gasteiger partial charge is 0.493 e. The fourth-order valence-corrected chi connectivity index (χ4v) is 1.94. The molecule has 2 aromatic rings. The van der Waals surface area contributed by atoms with Crippen LogP contribution in [-0.2, 0) is 13.6 Å². The van der Waals surface area contributed by atoms with E-state index in [9.17, 15) is 4.79 Å². The van der Waals surface area contributed by atoms with Gasteiger partial charge in [-0.2, -0.15) is 5.10 Å². The standard InChI is InChI=1S/C16H21N3O2/c1-11(2)10-21-14-6-4-12(5-7-14)15-8-13(9-17)16(20)19(3)18-15/h4-8,11H,9-10,17H2,1-3H3. The third kappa shape index (κ3) is 3.70. The first-order valence-electron chi connectivity index (χ1n) is 7.01. The first-order chi connectivity index (χ1) is 10.0. The number of hydrogen-bond donors (Lipinski definition) is 1. The molecule has 21 heavy (non-hydrogen) atoms. The zero-order valence-electron chi connectivity index (χ0n) is 12.7. The molecule has 0 radical (unpaired) electrons. The molecular formula is C16H21N3O2. The van der Waals surface area contributed by atoms with Crippen LogP contribution < -0.4 is 16.0 Å². The number of aryl methyl sites for hydroxylation is 1. The molecule has 0 saturated carbocycles. The van der Waals surface area contributed by atoms with Gasteiger partial charge in [0.2, 0.25) is 0 Å². The molecule has 0 amide bonds. The highest BCUT2D eigenvalue weighted by Gasteiger charge is 2.07. The van der Waals surface area contributed by atoms with Gasteiger partial charge in [0.15, 0.2) is 0 Å². The number of hydrogen-bond acceptors (Lipinski definition) is 4. The minimum atomic E-state index is -0.155. The molecule has 0 aliphatic heterocycles. The van der Waals surface area contributed by atoms with E-state index in [2.05, 4.69) is 18.9 Å². The normalized spacial score (nSPS) is 10.9. The molecule has 1 aromatic carbocycles. The molecule has 0 unspecified atom stereocenters. The highest BCUT2D eigenvalue weighted by atomic mass is 16.5. The summed E-state index contributed by atoms with van der Waals surface area (Å²) in [7, 11) is 1.63. The van der Waals surface area contributed by atoms with Crippen molar-refractivity contribution in [1.29, 1.82) is 0 Å². The molecule has 0 atom stereocenters.